The van der Waals surface area contributed by atoms with E-state index in [4.69, 9.17) is 0 Å². The van der Waals surface area contributed by atoms with Crippen LogP contribution in [0.3, 0.4) is 0 Å². The molecular formula is C14H12N4O2. The molecule has 0 bridgehead atoms. The number of aromatic carboxylic acids is 1. The Morgan fingerprint density at radius 2 is 2.20 bits per heavy atom. The van der Waals surface area contributed by atoms with Crippen molar-refractivity contribution in [3.63, 3.8) is 0 Å². The molecule has 0 spiro atoms. The maximum atomic E-state index is 11.3. The number of aromatic nitrogens is 4. The molecule has 0 atom stereocenters. The summed E-state index contributed by atoms with van der Waals surface area (Å²) in [4.78, 5) is 15.4. The maximum Gasteiger partial charge on any atom is 0.337 e. The largest absolute Gasteiger partial charge is 0.478 e. The molecule has 3 aromatic rings. The Bertz CT molecular complexity index is 795. The highest BCUT2D eigenvalue weighted by atomic mass is 16.4. The van der Waals surface area contributed by atoms with Gasteiger partial charge in [0.2, 0.25) is 0 Å². The van der Waals surface area contributed by atoms with Crippen molar-refractivity contribution >= 4 is 17.0 Å². The zero-order valence-electron chi connectivity index (χ0n) is 10.8. The molecule has 0 aliphatic rings. The van der Waals surface area contributed by atoms with Gasteiger partial charge in [0.15, 0.2) is 0 Å². The average Bonchev–Trinajstić information content (AvgIpc) is 2.84. The van der Waals surface area contributed by atoms with Crippen molar-refractivity contribution in [2.75, 3.05) is 0 Å². The molecule has 0 aliphatic heterocycles. The van der Waals surface area contributed by atoms with Gasteiger partial charge < -0.3 is 5.11 Å². The highest BCUT2D eigenvalue weighted by molar-refractivity contribution is 6.00. The average molecular weight is 268 g/mol. The predicted octanol–water partition coefficient (Wildman–Crippen LogP) is 1.88. The molecule has 2 aromatic heterocycles. The van der Waals surface area contributed by atoms with Crippen LogP contribution in [-0.2, 0) is 6.54 Å². The first-order chi connectivity index (χ1) is 9.66. The molecule has 1 N–H and O–H groups in total. The molecule has 3 rings (SSSR count). The molecule has 0 saturated heterocycles. The summed E-state index contributed by atoms with van der Waals surface area (Å²) < 4.78 is 1.60. The number of aryl methyl sites for hydroxylation is 1. The van der Waals surface area contributed by atoms with Gasteiger partial charge in [0, 0.05) is 12.4 Å². The number of carboxylic acids is 1. The fraction of sp³-hybridized carbons (Fsp3) is 0.143. The highest BCUT2D eigenvalue weighted by Crippen LogP contribution is 2.18. The van der Waals surface area contributed by atoms with E-state index in [0.29, 0.717) is 17.6 Å². The fourth-order valence-corrected chi connectivity index (χ4v) is 2.14. The lowest BCUT2D eigenvalue weighted by Crippen LogP contribution is -2.07. The standard InChI is InChI=1S/C14H12N4O2/c1-9-5-6-15-7-10(9)8-18-13-11(14(19)20)3-2-4-12(13)16-17-18/h2-7H,8H2,1H3,(H,19,20). The van der Waals surface area contributed by atoms with E-state index in [1.54, 1.807) is 35.3 Å². The SMILES string of the molecule is Cc1ccncc1Cn1nnc2cccc(C(=O)O)c21. The molecular weight excluding hydrogens is 256 g/mol. The third kappa shape index (κ3) is 2.01. The summed E-state index contributed by atoms with van der Waals surface area (Å²) in [7, 11) is 0. The van der Waals surface area contributed by atoms with E-state index in [9.17, 15) is 9.90 Å². The van der Waals surface area contributed by atoms with Crippen molar-refractivity contribution < 1.29 is 9.90 Å². The van der Waals surface area contributed by atoms with Crippen LogP contribution in [0.4, 0.5) is 0 Å². The third-order valence-electron chi connectivity index (χ3n) is 3.23. The number of hydrogen-bond donors (Lipinski definition) is 1. The smallest absolute Gasteiger partial charge is 0.337 e. The van der Waals surface area contributed by atoms with E-state index in [0.717, 1.165) is 11.1 Å². The summed E-state index contributed by atoms with van der Waals surface area (Å²) in [5, 5.41) is 17.3. The zero-order valence-corrected chi connectivity index (χ0v) is 10.8. The van der Waals surface area contributed by atoms with Gasteiger partial charge in [-0.25, -0.2) is 9.48 Å². The molecule has 0 unspecified atom stereocenters. The lowest BCUT2D eigenvalue weighted by molar-refractivity contribution is 0.0698. The Kier molecular flexibility index (Phi) is 2.90. The van der Waals surface area contributed by atoms with Crippen LogP contribution in [0.5, 0.6) is 0 Å². The summed E-state index contributed by atoms with van der Waals surface area (Å²) in [5.74, 6) is -0.984. The molecule has 6 heteroatoms. The van der Waals surface area contributed by atoms with Crippen molar-refractivity contribution in [2.24, 2.45) is 0 Å². The molecule has 0 saturated carbocycles. The Morgan fingerprint density at radius 3 is 2.95 bits per heavy atom. The van der Waals surface area contributed by atoms with Crippen molar-refractivity contribution in [2.45, 2.75) is 13.5 Å². The number of rotatable bonds is 3. The summed E-state index contributed by atoms with van der Waals surface area (Å²) in [6, 6.07) is 6.88. The second kappa shape index (κ2) is 4.73. The molecule has 1 aromatic carbocycles. The lowest BCUT2D eigenvalue weighted by Gasteiger charge is -2.06. The summed E-state index contributed by atoms with van der Waals surface area (Å²) in [6.07, 6.45) is 3.48. The van der Waals surface area contributed by atoms with Gasteiger partial charge in [0.25, 0.3) is 0 Å². The first-order valence-corrected chi connectivity index (χ1v) is 6.12. The van der Waals surface area contributed by atoms with Crippen LogP contribution in [0.2, 0.25) is 0 Å². The number of hydrogen-bond acceptors (Lipinski definition) is 4. The second-order valence-corrected chi connectivity index (χ2v) is 4.53. The third-order valence-corrected chi connectivity index (χ3v) is 3.23. The molecule has 2 heterocycles. The summed E-state index contributed by atoms with van der Waals surface area (Å²) in [5.41, 5.74) is 3.37. The number of fused-ring (bicyclic) bond motifs is 1. The number of benzene rings is 1. The van der Waals surface area contributed by atoms with Gasteiger partial charge in [-0.1, -0.05) is 11.3 Å². The Balaban J connectivity index is 2.13. The molecule has 0 amide bonds. The van der Waals surface area contributed by atoms with Crippen molar-refractivity contribution in [1.29, 1.82) is 0 Å². The van der Waals surface area contributed by atoms with Gasteiger partial charge in [0.05, 0.1) is 12.1 Å². The monoisotopic (exact) mass is 268 g/mol. The molecule has 0 fully saturated rings. The lowest BCUT2D eigenvalue weighted by atomic mass is 10.1. The minimum Gasteiger partial charge on any atom is -0.478 e. The maximum absolute atomic E-state index is 11.3. The van der Waals surface area contributed by atoms with E-state index in [1.165, 1.54) is 0 Å². The predicted molar refractivity (Wildman–Crippen MR) is 72.6 cm³/mol. The van der Waals surface area contributed by atoms with E-state index < -0.39 is 5.97 Å². The van der Waals surface area contributed by atoms with Crippen LogP contribution in [0.1, 0.15) is 21.5 Å². The van der Waals surface area contributed by atoms with Crippen molar-refractivity contribution in [1.82, 2.24) is 20.0 Å². The van der Waals surface area contributed by atoms with Gasteiger partial charge in [-0.15, -0.1) is 5.10 Å². The topological polar surface area (TPSA) is 80.9 Å². The number of carbonyl (C=O) groups is 1. The van der Waals surface area contributed by atoms with Gasteiger partial charge in [-0.3, -0.25) is 4.98 Å². The summed E-state index contributed by atoms with van der Waals surface area (Å²) in [6.45, 7) is 2.43. The Labute approximate surface area is 114 Å². The van der Waals surface area contributed by atoms with Gasteiger partial charge in [-0.2, -0.15) is 0 Å². The van der Waals surface area contributed by atoms with E-state index in [-0.39, 0.29) is 5.56 Å². The quantitative estimate of drug-likeness (QED) is 0.784. The fourth-order valence-electron chi connectivity index (χ4n) is 2.14. The van der Waals surface area contributed by atoms with E-state index in [2.05, 4.69) is 15.3 Å². The molecule has 0 aliphatic carbocycles. The van der Waals surface area contributed by atoms with Gasteiger partial charge in [0.1, 0.15) is 11.0 Å². The highest BCUT2D eigenvalue weighted by Gasteiger charge is 2.15. The van der Waals surface area contributed by atoms with Crippen LogP contribution in [0.15, 0.2) is 36.7 Å². The normalized spacial score (nSPS) is 10.8. The second-order valence-electron chi connectivity index (χ2n) is 4.53. The first kappa shape index (κ1) is 12.3. The zero-order chi connectivity index (χ0) is 14.1. The van der Waals surface area contributed by atoms with Crippen LogP contribution in [-0.4, -0.2) is 31.1 Å². The number of pyridine rings is 1. The Morgan fingerprint density at radius 1 is 1.35 bits per heavy atom. The minimum atomic E-state index is -0.984. The molecule has 20 heavy (non-hydrogen) atoms. The van der Waals surface area contributed by atoms with Crippen molar-refractivity contribution in [3.05, 3.63) is 53.3 Å². The van der Waals surface area contributed by atoms with Crippen LogP contribution in [0, 0.1) is 6.92 Å². The van der Waals surface area contributed by atoms with E-state index in [1.807, 2.05) is 13.0 Å². The first-order valence-electron chi connectivity index (χ1n) is 6.12. The van der Waals surface area contributed by atoms with Crippen LogP contribution in [0.25, 0.3) is 11.0 Å². The minimum absolute atomic E-state index is 0.203. The van der Waals surface area contributed by atoms with Crippen molar-refractivity contribution in [3.8, 4) is 0 Å². The summed E-state index contributed by atoms with van der Waals surface area (Å²) >= 11 is 0. The van der Waals surface area contributed by atoms with Crippen LogP contribution < -0.4 is 0 Å². The van der Waals surface area contributed by atoms with Gasteiger partial charge >= 0.3 is 5.97 Å². The Hall–Kier alpha value is -2.76. The molecule has 100 valence electrons. The molecule has 6 nitrogen and oxygen atoms in total. The van der Waals surface area contributed by atoms with Gasteiger partial charge in [-0.05, 0) is 36.2 Å². The number of nitrogens with zero attached hydrogens (tertiary/aromatic N) is 4. The molecule has 0 radical (unpaired) electrons. The number of para-hydroxylation sites is 1. The van der Waals surface area contributed by atoms with E-state index >= 15 is 0 Å². The van der Waals surface area contributed by atoms with Crippen LogP contribution >= 0.6 is 0 Å². The number of carboxylic acid groups (broad SMARTS) is 1.